The van der Waals surface area contributed by atoms with Crippen LogP contribution < -0.4 is 10.2 Å². The number of Topliss-reactive ketones (excluding diaryl/α,β-unsaturated/α-hetero) is 1. The van der Waals surface area contributed by atoms with Gasteiger partial charge in [-0.25, -0.2) is 4.79 Å². The van der Waals surface area contributed by atoms with Crippen molar-refractivity contribution in [2.45, 2.75) is 206 Å². The lowest BCUT2D eigenvalue weighted by atomic mass is 9.43. The largest absolute Gasteiger partial charge is 0.469 e. The van der Waals surface area contributed by atoms with Crippen LogP contribution in [0.5, 0.6) is 0 Å². The average molecular weight is 1050 g/mol. The number of ketones is 1. The van der Waals surface area contributed by atoms with Crippen LogP contribution in [0.3, 0.4) is 0 Å². The van der Waals surface area contributed by atoms with Crippen molar-refractivity contribution in [2.24, 2.45) is 63.6 Å². The second-order valence-electron chi connectivity index (χ2n) is 26.7. The highest BCUT2D eigenvalue weighted by molar-refractivity contribution is 5.85. The van der Waals surface area contributed by atoms with Gasteiger partial charge in [0.2, 0.25) is 0 Å². The number of ether oxygens (including phenoxy) is 4. The summed E-state index contributed by atoms with van der Waals surface area (Å²) in [6.07, 6.45) is 14.4. The molecule has 0 radical (unpaired) electrons. The molecule has 16 atom stereocenters. The van der Waals surface area contributed by atoms with Gasteiger partial charge in [0, 0.05) is 68.8 Å². The molecule has 7 saturated carbocycles. The number of aliphatic hydroxyl groups is 2. The number of carbonyl (C=O) groups excluding carboxylic acids is 4. The van der Waals surface area contributed by atoms with Gasteiger partial charge in [0.25, 0.3) is 0 Å². The highest BCUT2D eigenvalue weighted by Crippen LogP contribution is 2.70. The molecule has 2 unspecified atom stereocenters. The Labute approximate surface area is 454 Å². The summed E-state index contributed by atoms with van der Waals surface area (Å²) in [6.45, 7) is 18.2. The molecule has 0 spiro atoms. The number of hydrogen-bond donors (Lipinski definition) is 3. The molecule has 9 rings (SSSR count). The van der Waals surface area contributed by atoms with Gasteiger partial charge in [-0.2, -0.15) is 0 Å². The lowest BCUT2D eigenvalue weighted by molar-refractivity contribution is -0.219. The minimum Gasteiger partial charge on any atom is -0.469 e. The maximum Gasteiger partial charge on any atom is 0.407 e. The van der Waals surface area contributed by atoms with Gasteiger partial charge in [0.15, 0.2) is 0 Å². The Balaban J connectivity index is 0.866. The van der Waals surface area contributed by atoms with Crippen LogP contribution in [0.25, 0.3) is 0 Å². The van der Waals surface area contributed by atoms with Crippen LogP contribution in [0.15, 0.2) is 47.1 Å². The molecule has 0 aliphatic heterocycles. The van der Waals surface area contributed by atoms with Crippen LogP contribution in [-0.4, -0.2) is 97.4 Å². The lowest BCUT2D eigenvalue weighted by Gasteiger charge is -2.64. The lowest BCUT2D eigenvalue weighted by Crippen LogP contribution is -2.63. The van der Waals surface area contributed by atoms with Crippen molar-refractivity contribution >= 4 is 29.5 Å². The Bertz CT molecular complexity index is 2470. The van der Waals surface area contributed by atoms with Gasteiger partial charge in [0.1, 0.15) is 23.1 Å². The Morgan fingerprint density at radius 2 is 1.71 bits per heavy atom. The minimum absolute atomic E-state index is 0.0442. The number of nitrogens with zero attached hydrogens (tertiary/aromatic N) is 1. The topological polar surface area (TPSA) is 161 Å². The molecule has 0 heterocycles. The van der Waals surface area contributed by atoms with Crippen molar-refractivity contribution in [3.8, 4) is 11.8 Å². The number of likely N-dealkylation sites (N-methyl/N-ethyl adjacent to an activating group) is 1. The molecule has 8 aliphatic rings. The summed E-state index contributed by atoms with van der Waals surface area (Å²) in [6, 6.07) is 9.07. The Morgan fingerprint density at radius 1 is 0.947 bits per heavy atom. The summed E-state index contributed by atoms with van der Waals surface area (Å²) < 4.78 is 23.9. The van der Waals surface area contributed by atoms with Crippen LogP contribution >= 0.6 is 0 Å². The number of carbonyl (C=O) groups is 4. The molecule has 0 aromatic heterocycles. The first kappa shape index (κ1) is 56.5. The van der Waals surface area contributed by atoms with Gasteiger partial charge in [-0.3, -0.25) is 14.4 Å². The predicted molar refractivity (Wildman–Crippen MR) is 294 cm³/mol. The molecule has 8 aliphatic carbocycles. The summed E-state index contributed by atoms with van der Waals surface area (Å²) in [7, 11) is 3.57. The molecule has 1 aromatic carbocycles. The third-order valence-corrected chi connectivity index (χ3v) is 21.7. The number of nitrogens with one attached hydrogen (secondary N) is 1. The minimum atomic E-state index is -1.02. The van der Waals surface area contributed by atoms with Gasteiger partial charge in [-0.05, 0) is 199 Å². The molecular formula is C64H92N2O10. The van der Waals surface area contributed by atoms with E-state index in [-0.39, 0.29) is 88.2 Å². The Kier molecular flexibility index (Phi) is 16.5. The zero-order valence-corrected chi connectivity index (χ0v) is 47.8. The molecule has 1 aromatic rings. The average Bonchev–Trinajstić information content (AvgIpc) is 4.00. The predicted octanol–water partition coefficient (Wildman–Crippen LogP) is 11.2. The van der Waals surface area contributed by atoms with Crippen LogP contribution in [0.1, 0.15) is 182 Å². The number of hydrogen-bond acceptors (Lipinski definition) is 11. The van der Waals surface area contributed by atoms with E-state index in [1.807, 2.05) is 27.7 Å². The molecule has 418 valence electrons. The fourth-order valence-corrected chi connectivity index (χ4v) is 17.7. The van der Waals surface area contributed by atoms with Crippen LogP contribution in [0.4, 0.5) is 10.5 Å². The first-order valence-corrected chi connectivity index (χ1v) is 29.5. The molecule has 0 bridgehead atoms. The highest BCUT2D eigenvalue weighted by atomic mass is 16.6. The molecule has 1 amide bonds. The monoisotopic (exact) mass is 1050 g/mol. The van der Waals surface area contributed by atoms with Crippen molar-refractivity contribution in [1.29, 1.82) is 0 Å². The molecule has 12 heteroatoms. The molecule has 3 N–H and O–H groups in total. The van der Waals surface area contributed by atoms with E-state index in [2.05, 4.69) is 87.1 Å². The van der Waals surface area contributed by atoms with E-state index in [1.54, 1.807) is 0 Å². The third-order valence-electron chi connectivity index (χ3n) is 21.7. The summed E-state index contributed by atoms with van der Waals surface area (Å²) in [4.78, 5) is 53.4. The van der Waals surface area contributed by atoms with Crippen LogP contribution in [0.2, 0.25) is 0 Å². The summed E-state index contributed by atoms with van der Waals surface area (Å²) in [5, 5.41) is 27.4. The summed E-state index contributed by atoms with van der Waals surface area (Å²) in [5.74, 6) is 8.29. The van der Waals surface area contributed by atoms with Gasteiger partial charge < -0.3 is 39.4 Å². The maximum atomic E-state index is 13.9. The number of methoxy groups -OCH3 is 1. The first-order chi connectivity index (χ1) is 36.0. The van der Waals surface area contributed by atoms with Crippen molar-refractivity contribution in [3.63, 3.8) is 0 Å². The van der Waals surface area contributed by atoms with E-state index in [9.17, 15) is 29.4 Å². The second kappa shape index (κ2) is 22.2. The number of aliphatic hydroxyl groups excluding tert-OH is 1. The molecule has 0 saturated heterocycles. The van der Waals surface area contributed by atoms with E-state index >= 15 is 0 Å². The van der Waals surface area contributed by atoms with Crippen LogP contribution in [-0.2, 0) is 33.3 Å². The molecule has 12 nitrogen and oxygen atoms in total. The maximum absolute atomic E-state index is 13.9. The van der Waals surface area contributed by atoms with Crippen molar-refractivity contribution < 1.29 is 48.3 Å². The first-order valence-electron chi connectivity index (χ1n) is 29.5. The highest BCUT2D eigenvalue weighted by Gasteiger charge is 2.67. The quantitative estimate of drug-likeness (QED) is 0.0664. The normalized spacial score (nSPS) is 37.8. The van der Waals surface area contributed by atoms with E-state index in [0.717, 1.165) is 76.4 Å². The number of alkyl carbamates (subject to hydrolysis) is 1. The summed E-state index contributed by atoms with van der Waals surface area (Å²) >= 11 is 0. The number of esters is 2. The Hall–Kier alpha value is -4.18. The number of anilines is 1. The Morgan fingerprint density at radius 3 is 2.43 bits per heavy atom. The second-order valence-corrected chi connectivity index (χ2v) is 26.7. The zero-order valence-electron chi connectivity index (χ0n) is 47.8. The van der Waals surface area contributed by atoms with Crippen molar-refractivity contribution in [3.05, 3.63) is 52.6 Å². The number of benzene rings is 1. The molecule has 76 heavy (non-hydrogen) atoms. The van der Waals surface area contributed by atoms with Gasteiger partial charge in [0.05, 0.1) is 25.9 Å². The van der Waals surface area contributed by atoms with Gasteiger partial charge in [-0.15, -0.1) is 5.92 Å². The standard InChI is InChI=1S/C64H92N2O10/c1-11-28-64(72)30-27-50-47-21-17-41-34-44(67)20-22-46(41)57(47)48(38-62(50,64)7)40-15-18-43(19-16-40)66(9)32-33-74-45-26-29-61(6)42(35-45)36-53(75-56(70)13-12-31-65-59(71)76-60(3,4)5)58-51-24-23-49(39(2)14-25-55(69)73-10)63(51,8)54(68)37-52(58)61/h15-19,39,42,45,47-54,58,68,72H,12-14,20-27,29-38H2,1-10H3,(H,65,71)/t39-,42+,45+,47?,48-,49-,50?,51+,52+,53-,54+,58+,61+,62+,63-,64+/m1/s1. The fourth-order valence-electron chi connectivity index (χ4n) is 17.7. The number of allylic oxidation sites excluding steroid dienone is 4. The van der Waals surface area contributed by atoms with E-state index in [1.165, 1.54) is 29.4 Å². The number of rotatable bonds is 15. The van der Waals surface area contributed by atoms with E-state index in [4.69, 9.17) is 18.9 Å². The van der Waals surface area contributed by atoms with Gasteiger partial charge >= 0.3 is 18.0 Å². The fraction of sp³-hybridized carbons (Fsp3) is 0.750. The zero-order chi connectivity index (χ0) is 54.5. The number of fused-ring (bicyclic) bond motifs is 9. The van der Waals surface area contributed by atoms with Crippen molar-refractivity contribution in [1.82, 2.24) is 5.32 Å². The van der Waals surface area contributed by atoms with E-state index in [0.29, 0.717) is 75.7 Å². The van der Waals surface area contributed by atoms with Gasteiger partial charge in [-0.1, -0.05) is 57.4 Å². The summed E-state index contributed by atoms with van der Waals surface area (Å²) in [5.41, 5.74) is 4.19. The smallest absolute Gasteiger partial charge is 0.407 e. The van der Waals surface area contributed by atoms with E-state index < -0.39 is 23.4 Å². The number of amides is 1. The third kappa shape index (κ3) is 10.7. The molecular weight excluding hydrogens is 957 g/mol. The molecule has 7 fully saturated rings. The SMILES string of the molecule is CC#C[C@]1(O)CCC2C3CC=C4CC(=O)CCC4=C3[C@@H](c3ccc(N(C)CCO[C@H]4CC[C@@]5(C)[C@@H](C4)C[C@@H](OC(=O)CCCNC(=O)OC(C)(C)C)[C@@H]4[C@@H]5C[C@H](O)[C@]5(C)[C@@H]([C@H](C)CCC(=O)OC)CC[C@@H]45)cc3)C[C@@]21C. The van der Waals surface area contributed by atoms with Crippen LogP contribution in [0, 0.1) is 75.4 Å². The van der Waals surface area contributed by atoms with Crippen molar-refractivity contribution in [2.75, 3.05) is 38.8 Å².